The summed E-state index contributed by atoms with van der Waals surface area (Å²) in [5, 5.41) is 9.76. The largest absolute Gasteiger partial charge is 0.296 e. The summed E-state index contributed by atoms with van der Waals surface area (Å²) in [5.74, 6) is 0.130. The zero-order chi connectivity index (χ0) is 4.28. The summed E-state index contributed by atoms with van der Waals surface area (Å²) in [6, 6.07) is 0. The molecule has 0 saturated heterocycles. The first-order valence-corrected chi connectivity index (χ1v) is 1.57. The van der Waals surface area contributed by atoms with Crippen molar-refractivity contribution in [3.8, 4) is 0 Å². The van der Waals surface area contributed by atoms with Gasteiger partial charge in [0.05, 0.1) is 0 Å². The van der Waals surface area contributed by atoms with Crippen LogP contribution in [0.25, 0.3) is 0 Å². The molecule has 1 nitrogen and oxygen atoms in total. The van der Waals surface area contributed by atoms with Crippen molar-refractivity contribution in [2.75, 3.05) is 0 Å². The molecule has 0 unspecified atom stereocenters. The quantitative estimate of drug-likeness (QED) is 0.384. The van der Waals surface area contributed by atoms with Crippen LogP contribution in [0.15, 0.2) is 11.8 Å². The van der Waals surface area contributed by atoms with Crippen molar-refractivity contribution in [1.29, 1.82) is 0 Å². The molecule has 0 N–H and O–H groups in total. The van der Waals surface area contributed by atoms with E-state index in [-0.39, 0.29) is 5.76 Å². The summed E-state index contributed by atoms with van der Waals surface area (Å²) >= 11 is 0. The van der Waals surface area contributed by atoms with E-state index in [9.17, 15) is 5.11 Å². The minimum absolute atomic E-state index is 0.130. The van der Waals surface area contributed by atoms with Gasteiger partial charge in [-0.15, -0.1) is 0 Å². The Labute approximate surface area is 31.9 Å². The zero-order valence-corrected chi connectivity index (χ0v) is 3.49. The molecule has 1 radical (unpaired) electrons. The molecule has 0 fully saturated rings. The predicted octanol–water partition coefficient (Wildman–Crippen LogP) is 1.34. The minimum atomic E-state index is 0.130. The van der Waals surface area contributed by atoms with E-state index >= 15 is 0 Å². The van der Waals surface area contributed by atoms with Gasteiger partial charge in [-0.25, -0.2) is 0 Å². The molecule has 29 valence electrons. The molecule has 0 atom stereocenters. The molecule has 0 aromatic rings. The molecular formula is C4H7O. The van der Waals surface area contributed by atoms with Crippen LogP contribution in [0.1, 0.15) is 13.8 Å². The van der Waals surface area contributed by atoms with Gasteiger partial charge in [0.1, 0.15) is 5.76 Å². The lowest BCUT2D eigenvalue weighted by atomic mass is 10.5. The molecule has 0 spiro atoms. The van der Waals surface area contributed by atoms with E-state index in [1.165, 1.54) is 13.0 Å². The third-order valence-electron chi connectivity index (χ3n) is 0.407. The maximum atomic E-state index is 9.76. The molecule has 1 heteroatoms. The van der Waals surface area contributed by atoms with E-state index in [1.54, 1.807) is 6.92 Å². The van der Waals surface area contributed by atoms with E-state index in [1.807, 2.05) is 0 Å². The van der Waals surface area contributed by atoms with Crippen LogP contribution in [0, 0.1) is 0 Å². The number of allylic oxidation sites excluding steroid dienone is 2. The van der Waals surface area contributed by atoms with Gasteiger partial charge in [-0.2, -0.15) is 0 Å². The Balaban J connectivity index is 3.14. The van der Waals surface area contributed by atoms with Crippen molar-refractivity contribution in [3.05, 3.63) is 11.8 Å². The van der Waals surface area contributed by atoms with Gasteiger partial charge in [0.15, 0.2) is 0 Å². The summed E-state index contributed by atoms with van der Waals surface area (Å²) in [7, 11) is 0. The van der Waals surface area contributed by atoms with Crippen molar-refractivity contribution in [2.24, 2.45) is 0 Å². The highest BCUT2D eigenvalue weighted by Gasteiger charge is 1.68. The fourth-order valence-corrected chi connectivity index (χ4v) is 0. The van der Waals surface area contributed by atoms with E-state index in [0.717, 1.165) is 0 Å². The van der Waals surface area contributed by atoms with Gasteiger partial charge in [-0.3, -0.25) is 5.11 Å². The summed E-state index contributed by atoms with van der Waals surface area (Å²) in [5.41, 5.74) is 0. The Morgan fingerprint density at radius 1 is 1.80 bits per heavy atom. The fraction of sp³-hybridized carbons (Fsp3) is 0.500. The van der Waals surface area contributed by atoms with Crippen molar-refractivity contribution < 1.29 is 5.11 Å². The third kappa shape index (κ3) is 3.54. The summed E-state index contributed by atoms with van der Waals surface area (Å²) in [6.07, 6.45) is 1.53. The second-order valence-electron chi connectivity index (χ2n) is 0.899. The topological polar surface area (TPSA) is 19.9 Å². The Morgan fingerprint density at radius 3 is 2.00 bits per heavy atom. The third-order valence-corrected chi connectivity index (χ3v) is 0.407. The second kappa shape index (κ2) is 1.82. The standard InChI is InChI=1S/C4H7O/c1-3-4(2)5/h3H,1-2H3. The minimum Gasteiger partial charge on any atom is -0.296 e. The lowest BCUT2D eigenvalue weighted by Crippen LogP contribution is -1.56. The SMILES string of the molecule is CC=C(C)[O]. The van der Waals surface area contributed by atoms with Crippen LogP contribution >= 0.6 is 0 Å². The smallest absolute Gasteiger partial charge is 0.148 e. The zero-order valence-electron chi connectivity index (χ0n) is 3.49. The van der Waals surface area contributed by atoms with Crippen LogP contribution in [0.5, 0.6) is 0 Å². The highest BCUT2D eigenvalue weighted by molar-refractivity contribution is 4.79. The molecule has 0 aromatic carbocycles. The average Bonchev–Trinajstić information content (AvgIpc) is 1.38. The molecule has 5 heavy (non-hydrogen) atoms. The normalized spacial score (nSPS) is 12.0. The molecule has 0 amide bonds. The van der Waals surface area contributed by atoms with Crippen LogP contribution in [-0.4, -0.2) is 0 Å². The molecule has 0 heterocycles. The Hall–Kier alpha value is -0.460. The lowest BCUT2D eigenvalue weighted by molar-refractivity contribution is 0.299. The Kier molecular flexibility index (Phi) is 1.65. The van der Waals surface area contributed by atoms with E-state index in [2.05, 4.69) is 0 Å². The lowest BCUT2D eigenvalue weighted by Gasteiger charge is -1.67. The van der Waals surface area contributed by atoms with E-state index < -0.39 is 0 Å². The van der Waals surface area contributed by atoms with Crippen LogP contribution < -0.4 is 0 Å². The molecule has 0 rings (SSSR count). The summed E-state index contributed by atoms with van der Waals surface area (Å²) in [6.45, 7) is 3.25. The second-order valence-corrected chi connectivity index (χ2v) is 0.899. The summed E-state index contributed by atoms with van der Waals surface area (Å²) in [4.78, 5) is 0. The van der Waals surface area contributed by atoms with Crippen molar-refractivity contribution in [2.45, 2.75) is 13.8 Å². The van der Waals surface area contributed by atoms with Gasteiger partial charge < -0.3 is 0 Å². The molecule has 0 aliphatic heterocycles. The van der Waals surface area contributed by atoms with Gasteiger partial charge in [0.25, 0.3) is 0 Å². The van der Waals surface area contributed by atoms with Gasteiger partial charge in [0.2, 0.25) is 0 Å². The fourth-order valence-electron chi connectivity index (χ4n) is 0. The maximum Gasteiger partial charge on any atom is 0.148 e. The first kappa shape index (κ1) is 4.54. The molecular weight excluding hydrogens is 64.0 g/mol. The molecule has 0 bridgehead atoms. The molecule has 0 saturated carbocycles. The Bertz CT molecular complexity index is 41.6. The molecule has 0 aromatic heterocycles. The van der Waals surface area contributed by atoms with Crippen molar-refractivity contribution in [1.82, 2.24) is 0 Å². The highest BCUT2D eigenvalue weighted by Crippen LogP contribution is 1.78. The van der Waals surface area contributed by atoms with E-state index in [0.29, 0.717) is 0 Å². The van der Waals surface area contributed by atoms with Crippen LogP contribution in [0.2, 0.25) is 0 Å². The van der Waals surface area contributed by atoms with Gasteiger partial charge in [-0.05, 0) is 19.9 Å². The number of hydrogen-bond donors (Lipinski definition) is 0. The van der Waals surface area contributed by atoms with Crippen LogP contribution in [0.3, 0.4) is 0 Å². The molecule has 0 aliphatic rings. The van der Waals surface area contributed by atoms with Gasteiger partial charge >= 0.3 is 0 Å². The number of rotatable bonds is 0. The molecule has 0 aliphatic carbocycles. The average molecular weight is 71.1 g/mol. The van der Waals surface area contributed by atoms with E-state index in [4.69, 9.17) is 0 Å². The first-order chi connectivity index (χ1) is 2.27. The first-order valence-electron chi connectivity index (χ1n) is 1.57. The van der Waals surface area contributed by atoms with Gasteiger partial charge in [0, 0.05) is 0 Å². The maximum absolute atomic E-state index is 9.76. The van der Waals surface area contributed by atoms with Crippen molar-refractivity contribution >= 4 is 0 Å². The van der Waals surface area contributed by atoms with Gasteiger partial charge in [-0.1, -0.05) is 0 Å². The number of hydrogen-bond acceptors (Lipinski definition) is 0. The summed E-state index contributed by atoms with van der Waals surface area (Å²) < 4.78 is 0. The van der Waals surface area contributed by atoms with Crippen molar-refractivity contribution in [3.63, 3.8) is 0 Å². The van der Waals surface area contributed by atoms with Crippen LogP contribution in [-0.2, 0) is 5.11 Å². The highest BCUT2D eigenvalue weighted by atomic mass is 16.3. The monoisotopic (exact) mass is 71.0 g/mol. The van der Waals surface area contributed by atoms with Crippen LogP contribution in [0.4, 0.5) is 0 Å². The predicted molar refractivity (Wildman–Crippen MR) is 20.1 cm³/mol. The Morgan fingerprint density at radius 2 is 2.00 bits per heavy atom.